The van der Waals surface area contributed by atoms with Gasteiger partial charge in [0.05, 0.1) is 10.7 Å². The fraction of sp³-hybridized carbons (Fsp3) is 0.211. The SMILES string of the molecule is Cc1ccc(SCc2nn(C)c(Cl)c2CSc2ccccc2Cl)cc1. The summed E-state index contributed by atoms with van der Waals surface area (Å²) < 4.78 is 1.75. The van der Waals surface area contributed by atoms with Gasteiger partial charge in [0.1, 0.15) is 5.15 Å². The van der Waals surface area contributed by atoms with Crippen LogP contribution >= 0.6 is 46.7 Å². The summed E-state index contributed by atoms with van der Waals surface area (Å²) in [6.45, 7) is 2.09. The molecule has 2 aromatic carbocycles. The first-order valence-corrected chi connectivity index (χ1v) is 10.5. The molecule has 0 unspecified atom stereocenters. The summed E-state index contributed by atoms with van der Waals surface area (Å²) >= 11 is 16.2. The maximum Gasteiger partial charge on any atom is 0.131 e. The fourth-order valence-corrected chi connectivity index (χ4v) is 4.80. The van der Waals surface area contributed by atoms with Gasteiger partial charge < -0.3 is 0 Å². The van der Waals surface area contributed by atoms with Crippen molar-refractivity contribution in [2.45, 2.75) is 28.2 Å². The Balaban J connectivity index is 1.73. The third kappa shape index (κ3) is 4.76. The molecule has 0 N–H and O–H groups in total. The number of benzene rings is 2. The number of thioether (sulfide) groups is 2. The molecule has 0 saturated carbocycles. The van der Waals surface area contributed by atoms with Gasteiger partial charge in [0, 0.05) is 33.9 Å². The van der Waals surface area contributed by atoms with Gasteiger partial charge in [0.2, 0.25) is 0 Å². The van der Waals surface area contributed by atoms with Gasteiger partial charge in [-0.2, -0.15) is 5.10 Å². The van der Waals surface area contributed by atoms with E-state index in [-0.39, 0.29) is 0 Å². The highest BCUT2D eigenvalue weighted by molar-refractivity contribution is 7.99. The second-order valence-corrected chi connectivity index (χ2v) is 8.49. The van der Waals surface area contributed by atoms with Gasteiger partial charge >= 0.3 is 0 Å². The highest BCUT2D eigenvalue weighted by Gasteiger charge is 2.15. The van der Waals surface area contributed by atoms with Gasteiger partial charge in [-0.05, 0) is 31.2 Å². The van der Waals surface area contributed by atoms with E-state index in [4.69, 9.17) is 23.2 Å². The van der Waals surface area contributed by atoms with Crippen LogP contribution in [0.1, 0.15) is 16.8 Å². The number of aryl methyl sites for hydroxylation is 2. The van der Waals surface area contributed by atoms with Crippen LogP contribution in [-0.4, -0.2) is 9.78 Å². The molecular formula is C19H18Cl2N2S2. The van der Waals surface area contributed by atoms with Crippen molar-refractivity contribution in [2.75, 3.05) is 0 Å². The Kier molecular flexibility index (Phi) is 6.39. The third-order valence-electron chi connectivity index (χ3n) is 3.76. The van der Waals surface area contributed by atoms with Crippen molar-refractivity contribution in [1.82, 2.24) is 9.78 Å². The van der Waals surface area contributed by atoms with Crippen LogP contribution in [0.4, 0.5) is 0 Å². The van der Waals surface area contributed by atoms with Crippen LogP contribution in [-0.2, 0) is 18.6 Å². The van der Waals surface area contributed by atoms with Crippen molar-refractivity contribution >= 4 is 46.7 Å². The van der Waals surface area contributed by atoms with Crippen molar-refractivity contribution in [3.05, 3.63) is 75.5 Å². The Morgan fingerprint density at radius 2 is 1.68 bits per heavy atom. The number of nitrogens with zero attached hydrogens (tertiary/aromatic N) is 2. The highest BCUT2D eigenvalue weighted by atomic mass is 35.5. The molecule has 3 aromatic rings. The van der Waals surface area contributed by atoms with E-state index < -0.39 is 0 Å². The maximum atomic E-state index is 6.47. The van der Waals surface area contributed by atoms with Crippen LogP contribution in [0.15, 0.2) is 58.3 Å². The Labute approximate surface area is 166 Å². The average molecular weight is 409 g/mol. The molecule has 1 aromatic heterocycles. The standard InChI is InChI=1S/C19H18Cl2N2S2/c1-13-7-9-14(10-8-13)24-12-17-15(19(21)23(2)22-17)11-25-18-6-4-3-5-16(18)20/h3-10H,11-12H2,1-2H3. The average Bonchev–Trinajstić information content (AvgIpc) is 2.88. The topological polar surface area (TPSA) is 17.8 Å². The molecule has 0 saturated heterocycles. The molecule has 6 heteroatoms. The van der Waals surface area contributed by atoms with E-state index in [0.29, 0.717) is 5.15 Å². The fourth-order valence-electron chi connectivity index (χ4n) is 2.36. The van der Waals surface area contributed by atoms with Crippen LogP contribution in [0, 0.1) is 6.92 Å². The summed E-state index contributed by atoms with van der Waals surface area (Å²) in [6, 6.07) is 16.4. The second kappa shape index (κ2) is 8.54. The first-order chi connectivity index (χ1) is 12.0. The number of halogens is 2. The molecule has 130 valence electrons. The lowest BCUT2D eigenvalue weighted by atomic mass is 10.2. The predicted molar refractivity (Wildman–Crippen MR) is 110 cm³/mol. The summed E-state index contributed by atoms with van der Waals surface area (Å²) in [5.41, 5.74) is 3.37. The summed E-state index contributed by atoms with van der Waals surface area (Å²) in [6.07, 6.45) is 0. The van der Waals surface area contributed by atoms with E-state index in [1.807, 2.05) is 31.3 Å². The zero-order valence-corrected chi connectivity index (χ0v) is 17.1. The Morgan fingerprint density at radius 3 is 2.40 bits per heavy atom. The summed E-state index contributed by atoms with van der Waals surface area (Å²) in [5.74, 6) is 1.54. The quantitative estimate of drug-likeness (QED) is 0.426. The van der Waals surface area contributed by atoms with Gasteiger partial charge in [-0.15, -0.1) is 23.5 Å². The molecule has 0 aliphatic carbocycles. The van der Waals surface area contributed by atoms with Gasteiger partial charge in [-0.3, -0.25) is 4.68 Å². The Hall–Kier alpha value is -1.07. The molecule has 2 nitrogen and oxygen atoms in total. The lowest BCUT2D eigenvalue weighted by Gasteiger charge is -2.06. The van der Waals surface area contributed by atoms with Crippen LogP contribution in [0.25, 0.3) is 0 Å². The lowest BCUT2D eigenvalue weighted by Crippen LogP contribution is -1.91. The van der Waals surface area contributed by atoms with Gasteiger partial charge in [-0.25, -0.2) is 0 Å². The lowest BCUT2D eigenvalue weighted by molar-refractivity contribution is 0.755. The molecule has 3 rings (SSSR count). The minimum absolute atomic E-state index is 0.694. The number of hydrogen-bond acceptors (Lipinski definition) is 3. The first kappa shape index (κ1) is 18.7. The van der Waals surface area contributed by atoms with E-state index >= 15 is 0 Å². The number of aromatic nitrogens is 2. The van der Waals surface area contributed by atoms with E-state index in [9.17, 15) is 0 Å². The number of rotatable bonds is 6. The van der Waals surface area contributed by atoms with Crippen LogP contribution < -0.4 is 0 Å². The minimum atomic E-state index is 0.694. The summed E-state index contributed by atoms with van der Waals surface area (Å²) in [4.78, 5) is 2.29. The van der Waals surface area contributed by atoms with Gasteiger partial charge in [-0.1, -0.05) is 53.0 Å². The zero-order valence-electron chi connectivity index (χ0n) is 14.0. The largest absolute Gasteiger partial charge is 0.256 e. The Bertz CT molecular complexity index is 860. The normalized spacial score (nSPS) is 11.0. The van der Waals surface area contributed by atoms with Crippen molar-refractivity contribution in [1.29, 1.82) is 0 Å². The molecule has 0 amide bonds. The van der Waals surface area contributed by atoms with Gasteiger partial charge in [0.15, 0.2) is 0 Å². The Morgan fingerprint density at radius 1 is 0.960 bits per heavy atom. The molecule has 0 fully saturated rings. The molecule has 0 aliphatic heterocycles. The van der Waals surface area contributed by atoms with Crippen molar-refractivity contribution in [2.24, 2.45) is 7.05 Å². The molecule has 0 atom stereocenters. The van der Waals surface area contributed by atoms with E-state index in [1.54, 1.807) is 28.2 Å². The van der Waals surface area contributed by atoms with Gasteiger partial charge in [0.25, 0.3) is 0 Å². The first-order valence-electron chi connectivity index (χ1n) is 7.81. The molecule has 25 heavy (non-hydrogen) atoms. The van der Waals surface area contributed by atoms with Crippen molar-refractivity contribution in [3.63, 3.8) is 0 Å². The monoisotopic (exact) mass is 408 g/mol. The smallest absolute Gasteiger partial charge is 0.131 e. The maximum absolute atomic E-state index is 6.47. The van der Waals surface area contributed by atoms with Crippen LogP contribution in [0.5, 0.6) is 0 Å². The molecule has 1 heterocycles. The molecule has 0 aliphatic rings. The summed E-state index contributed by atoms with van der Waals surface area (Å²) in [5, 5.41) is 6.06. The van der Waals surface area contributed by atoms with E-state index in [1.165, 1.54) is 10.5 Å². The molecule has 0 spiro atoms. The third-order valence-corrected chi connectivity index (χ3v) is 6.80. The van der Waals surface area contributed by atoms with Crippen LogP contribution in [0.3, 0.4) is 0 Å². The summed E-state index contributed by atoms with van der Waals surface area (Å²) in [7, 11) is 1.88. The molecule has 0 radical (unpaired) electrons. The molecule has 0 bridgehead atoms. The van der Waals surface area contributed by atoms with E-state index in [2.05, 4.69) is 36.3 Å². The van der Waals surface area contributed by atoms with Crippen molar-refractivity contribution < 1.29 is 0 Å². The minimum Gasteiger partial charge on any atom is -0.256 e. The highest BCUT2D eigenvalue weighted by Crippen LogP contribution is 2.34. The van der Waals surface area contributed by atoms with Crippen molar-refractivity contribution in [3.8, 4) is 0 Å². The number of hydrogen-bond donors (Lipinski definition) is 0. The second-order valence-electron chi connectivity index (χ2n) is 5.66. The predicted octanol–water partition coefficient (Wildman–Crippen LogP) is 6.62. The molecular weight excluding hydrogens is 391 g/mol. The van der Waals surface area contributed by atoms with Crippen LogP contribution in [0.2, 0.25) is 10.2 Å². The zero-order chi connectivity index (χ0) is 17.8. The van der Waals surface area contributed by atoms with E-state index in [0.717, 1.165) is 32.7 Å².